The molecule has 2 fully saturated rings. The Hall–Kier alpha value is 0.270. The predicted molar refractivity (Wildman–Crippen MR) is 67.7 cm³/mol. The zero-order chi connectivity index (χ0) is 10.3. The fourth-order valence-electron chi connectivity index (χ4n) is 2.41. The highest BCUT2D eigenvalue weighted by atomic mass is 32.2. The van der Waals surface area contributed by atoms with E-state index < -0.39 is 0 Å². The van der Waals surface area contributed by atoms with Crippen LogP contribution in [-0.4, -0.2) is 34.8 Å². The lowest BCUT2D eigenvalue weighted by Crippen LogP contribution is -2.26. The molecule has 0 aliphatic carbocycles. The summed E-state index contributed by atoms with van der Waals surface area (Å²) in [4.78, 5) is 0. The van der Waals surface area contributed by atoms with Gasteiger partial charge in [-0.25, -0.2) is 8.61 Å². The Balaban J connectivity index is 1.73. The van der Waals surface area contributed by atoms with E-state index in [0.717, 1.165) is 0 Å². The number of hydrogen-bond donors (Lipinski definition) is 0. The molecule has 2 rings (SSSR count). The molecule has 0 saturated carbocycles. The van der Waals surface area contributed by atoms with Crippen LogP contribution in [0.2, 0.25) is 0 Å². The number of rotatable bonds is 2. The highest BCUT2D eigenvalue weighted by Crippen LogP contribution is 2.24. The maximum atomic E-state index is 2.60. The van der Waals surface area contributed by atoms with Crippen LogP contribution in [-0.2, 0) is 0 Å². The van der Waals surface area contributed by atoms with Crippen LogP contribution in [0.4, 0.5) is 0 Å². The normalized spacial score (nSPS) is 27.2. The molecule has 0 aromatic heterocycles. The molecule has 0 spiro atoms. The molecule has 2 aliphatic rings. The molecule has 0 aromatic carbocycles. The summed E-state index contributed by atoms with van der Waals surface area (Å²) in [7, 11) is 0. The molecular weight excluding hydrogens is 204 g/mol. The van der Waals surface area contributed by atoms with Gasteiger partial charge in [-0.2, -0.15) is 0 Å². The van der Waals surface area contributed by atoms with Gasteiger partial charge in [0.25, 0.3) is 0 Å². The van der Waals surface area contributed by atoms with E-state index in [9.17, 15) is 0 Å². The summed E-state index contributed by atoms with van der Waals surface area (Å²) in [5, 5.41) is 0. The lowest BCUT2D eigenvalue weighted by atomic mass is 10.2. The van der Waals surface area contributed by atoms with Crippen LogP contribution in [0.3, 0.4) is 0 Å². The van der Waals surface area contributed by atoms with Crippen molar-refractivity contribution in [1.29, 1.82) is 0 Å². The first-order chi connectivity index (χ1) is 7.45. The van der Waals surface area contributed by atoms with E-state index in [1.165, 1.54) is 77.5 Å². The largest absolute Gasteiger partial charge is 0.237 e. The maximum Gasteiger partial charge on any atom is 0.0101 e. The van der Waals surface area contributed by atoms with Gasteiger partial charge in [0.15, 0.2) is 0 Å². The summed E-state index contributed by atoms with van der Waals surface area (Å²) in [6, 6.07) is 0. The van der Waals surface area contributed by atoms with Crippen LogP contribution in [0, 0.1) is 0 Å². The minimum absolute atomic E-state index is 1.31. The molecule has 2 nitrogen and oxygen atoms in total. The second kappa shape index (κ2) is 6.77. The zero-order valence-electron chi connectivity index (χ0n) is 9.79. The van der Waals surface area contributed by atoms with Gasteiger partial charge in [0.05, 0.1) is 0 Å². The van der Waals surface area contributed by atoms with Gasteiger partial charge < -0.3 is 0 Å². The van der Waals surface area contributed by atoms with Gasteiger partial charge in [0.2, 0.25) is 0 Å². The average molecular weight is 228 g/mol. The van der Waals surface area contributed by atoms with Gasteiger partial charge in [-0.3, -0.25) is 0 Å². The van der Waals surface area contributed by atoms with Crippen molar-refractivity contribution in [3.8, 4) is 0 Å². The molecule has 15 heavy (non-hydrogen) atoms. The quantitative estimate of drug-likeness (QED) is 0.670. The van der Waals surface area contributed by atoms with Crippen LogP contribution >= 0.6 is 12.1 Å². The van der Waals surface area contributed by atoms with Gasteiger partial charge in [0, 0.05) is 38.3 Å². The van der Waals surface area contributed by atoms with E-state index in [2.05, 4.69) is 8.61 Å². The first-order valence-electron chi connectivity index (χ1n) is 6.63. The molecule has 3 heteroatoms. The van der Waals surface area contributed by atoms with Crippen LogP contribution in [0.25, 0.3) is 0 Å². The minimum Gasteiger partial charge on any atom is -0.237 e. The van der Waals surface area contributed by atoms with E-state index in [-0.39, 0.29) is 0 Å². The van der Waals surface area contributed by atoms with Crippen molar-refractivity contribution in [1.82, 2.24) is 8.61 Å². The van der Waals surface area contributed by atoms with Gasteiger partial charge in [-0.05, 0) is 25.7 Å². The molecule has 88 valence electrons. The van der Waals surface area contributed by atoms with Gasteiger partial charge in [-0.15, -0.1) is 0 Å². The summed E-state index contributed by atoms with van der Waals surface area (Å²) < 4.78 is 5.19. The Morgan fingerprint density at radius 2 is 0.800 bits per heavy atom. The van der Waals surface area contributed by atoms with Crippen molar-refractivity contribution < 1.29 is 0 Å². The molecule has 0 amide bonds. The Morgan fingerprint density at radius 3 is 1.13 bits per heavy atom. The van der Waals surface area contributed by atoms with Gasteiger partial charge >= 0.3 is 0 Å². The van der Waals surface area contributed by atoms with Crippen molar-refractivity contribution in [3.63, 3.8) is 0 Å². The summed E-state index contributed by atoms with van der Waals surface area (Å²) in [5.41, 5.74) is 0. The maximum absolute atomic E-state index is 2.60. The van der Waals surface area contributed by atoms with Crippen molar-refractivity contribution in [2.45, 2.75) is 51.4 Å². The van der Waals surface area contributed by atoms with Crippen LogP contribution in [0.5, 0.6) is 0 Å². The zero-order valence-corrected chi connectivity index (χ0v) is 10.6. The third kappa shape index (κ3) is 4.33. The lowest BCUT2D eigenvalue weighted by Gasteiger charge is -2.26. The smallest absolute Gasteiger partial charge is 0.0101 e. The number of hydrogen-bond acceptors (Lipinski definition) is 3. The van der Waals surface area contributed by atoms with E-state index in [1.807, 2.05) is 12.1 Å². The lowest BCUT2D eigenvalue weighted by molar-refractivity contribution is 0.424. The summed E-state index contributed by atoms with van der Waals surface area (Å²) >= 11 is 2.03. The Morgan fingerprint density at radius 1 is 0.467 bits per heavy atom. The summed E-state index contributed by atoms with van der Waals surface area (Å²) in [6.07, 6.45) is 11.4. The molecule has 2 aliphatic heterocycles. The van der Waals surface area contributed by atoms with E-state index >= 15 is 0 Å². The Bertz CT molecular complexity index is 141. The van der Waals surface area contributed by atoms with E-state index in [1.54, 1.807) is 0 Å². The molecular formula is C12H24N2S. The van der Waals surface area contributed by atoms with E-state index in [0.29, 0.717) is 0 Å². The van der Waals surface area contributed by atoms with Crippen LogP contribution in [0.15, 0.2) is 0 Å². The topological polar surface area (TPSA) is 6.48 Å². The fourth-order valence-corrected chi connectivity index (χ4v) is 3.58. The second-order valence-electron chi connectivity index (χ2n) is 4.77. The van der Waals surface area contributed by atoms with Crippen LogP contribution in [0.1, 0.15) is 51.4 Å². The molecule has 0 unspecified atom stereocenters. The summed E-state index contributed by atoms with van der Waals surface area (Å²) in [5.74, 6) is 0. The number of nitrogens with zero attached hydrogens (tertiary/aromatic N) is 2. The molecule has 0 N–H and O–H groups in total. The van der Waals surface area contributed by atoms with Gasteiger partial charge in [0.1, 0.15) is 0 Å². The second-order valence-corrected chi connectivity index (χ2v) is 5.96. The summed E-state index contributed by atoms with van der Waals surface area (Å²) in [6.45, 7) is 5.23. The van der Waals surface area contributed by atoms with Gasteiger partial charge in [-0.1, -0.05) is 25.7 Å². The first kappa shape index (κ1) is 11.7. The molecule has 0 radical (unpaired) electrons. The standard InChI is InChI=1S/C12H24N2S/c1-2-6-10-13(9-5-1)15-14-11-7-3-4-8-12-14/h1-12H2. The SMILES string of the molecule is C1CCCN(SN2CCCCCC2)CC1. The minimum atomic E-state index is 1.31. The Labute approximate surface area is 98.7 Å². The average Bonchev–Trinajstić information content (AvgIpc) is 2.63. The fraction of sp³-hybridized carbons (Fsp3) is 1.00. The Kier molecular flexibility index (Phi) is 5.30. The molecule has 2 heterocycles. The van der Waals surface area contributed by atoms with Crippen molar-refractivity contribution in [2.75, 3.05) is 26.2 Å². The monoisotopic (exact) mass is 228 g/mol. The first-order valence-corrected chi connectivity index (χ1v) is 7.36. The third-order valence-electron chi connectivity index (χ3n) is 3.36. The van der Waals surface area contributed by atoms with Crippen molar-refractivity contribution in [3.05, 3.63) is 0 Å². The highest BCUT2D eigenvalue weighted by Gasteiger charge is 2.15. The molecule has 0 atom stereocenters. The molecule has 0 aromatic rings. The predicted octanol–water partition coefficient (Wildman–Crippen LogP) is 3.30. The van der Waals surface area contributed by atoms with Crippen molar-refractivity contribution >= 4 is 12.1 Å². The molecule has 2 saturated heterocycles. The van der Waals surface area contributed by atoms with E-state index in [4.69, 9.17) is 0 Å². The van der Waals surface area contributed by atoms with Crippen LogP contribution < -0.4 is 0 Å². The van der Waals surface area contributed by atoms with Crippen molar-refractivity contribution in [2.24, 2.45) is 0 Å². The highest BCUT2D eigenvalue weighted by molar-refractivity contribution is 7.94. The molecule has 0 bridgehead atoms. The third-order valence-corrected chi connectivity index (χ3v) is 4.55.